The molecule has 2 aromatic carbocycles. The summed E-state index contributed by atoms with van der Waals surface area (Å²) in [7, 11) is 1.64. The van der Waals surface area contributed by atoms with Crippen LogP contribution in [0.4, 0.5) is 0 Å². The van der Waals surface area contributed by atoms with Crippen LogP contribution in [0.2, 0.25) is 0 Å². The van der Waals surface area contributed by atoms with Crippen molar-refractivity contribution in [2.75, 3.05) is 7.11 Å². The average Bonchev–Trinajstić information content (AvgIpc) is 2.46. The number of aryl methyl sites for hydroxylation is 1. The van der Waals surface area contributed by atoms with Gasteiger partial charge in [-0.15, -0.1) is 0 Å². The van der Waals surface area contributed by atoms with Gasteiger partial charge < -0.3 is 15.2 Å². The SMILES string of the molecule is COc1cccc(COc2cc(C(=N)N)ccc2C)c1. The highest BCUT2D eigenvalue weighted by Gasteiger charge is 2.04. The van der Waals surface area contributed by atoms with Crippen molar-refractivity contribution in [3.05, 3.63) is 59.2 Å². The van der Waals surface area contributed by atoms with E-state index in [0.29, 0.717) is 12.2 Å². The van der Waals surface area contributed by atoms with E-state index in [1.807, 2.05) is 43.3 Å². The highest BCUT2D eigenvalue weighted by Crippen LogP contribution is 2.21. The maximum Gasteiger partial charge on any atom is 0.123 e. The van der Waals surface area contributed by atoms with Crippen LogP contribution in [0, 0.1) is 12.3 Å². The van der Waals surface area contributed by atoms with E-state index >= 15 is 0 Å². The molecule has 4 nitrogen and oxygen atoms in total. The van der Waals surface area contributed by atoms with Crippen LogP contribution in [0.5, 0.6) is 11.5 Å². The van der Waals surface area contributed by atoms with Crippen molar-refractivity contribution in [1.29, 1.82) is 5.41 Å². The van der Waals surface area contributed by atoms with E-state index in [2.05, 4.69) is 0 Å². The molecule has 0 bridgehead atoms. The molecule has 0 atom stereocenters. The van der Waals surface area contributed by atoms with E-state index < -0.39 is 0 Å². The molecule has 4 heteroatoms. The molecule has 104 valence electrons. The van der Waals surface area contributed by atoms with Crippen LogP contribution in [-0.4, -0.2) is 12.9 Å². The number of rotatable bonds is 5. The minimum Gasteiger partial charge on any atom is -0.497 e. The fourth-order valence-corrected chi connectivity index (χ4v) is 1.85. The highest BCUT2D eigenvalue weighted by molar-refractivity contribution is 5.95. The molecule has 0 amide bonds. The van der Waals surface area contributed by atoms with Crippen LogP contribution in [0.15, 0.2) is 42.5 Å². The van der Waals surface area contributed by atoms with E-state index in [0.717, 1.165) is 22.6 Å². The molecular formula is C16H18N2O2. The first kappa shape index (κ1) is 13.9. The van der Waals surface area contributed by atoms with Gasteiger partial charge in [0.05, 0.1) is 7.11 Å². The van der Waals surface area contributed by atoms with E-state index in [9.17, 15) is 0 Å². The summed E-state index contributed by atoms with van der Waals surface area (Å²) >= 11 is 0. The second-order valence-corrected chi connectivity index (χ2v) is 4.53. The molecule has 20 heavy (non-hydrogen) atoms. The Bertz CT molecular complexity index is 624. The maximum absolute atomic E-state index is 7.46. The highest BCUT2D eigenvalue weighted by atomic mass is 16.5. The molecule has 0 aliphatic rings. The first-order chi connectivity index (χ1) is 9.60. The zero-order chi connectivity index (χ0) is 14.5. The molecule has 0 heterocycles. The first-order valence-corrected chi connectivity index (χ1v) is 6.31. The van der Waals surface area contributed by atoms with Crippen LogP contribution >= 0.6 is 0 Å². The lowest BCUT2D eigenvalue weighted by molar-refractivity contribution is 0.303. The second kappa shape index (κ2) is 6.10. The Labute approximate surface area is 118 Å². The third kappa shape index (κ3) is 3.29. The Morgan fingerprint density at radius 1 is 1.20 bits per heavy atom. The normalized spacial score (nSPS) is 10.1. The van der Waals surface area contributed by atoms with Gasteiger partial charge in [0.15, 0.2) is 0 Å². The number of hydrogen-bond donors (Lipinski definition) is 2. The summed E-state index contributed by atoms with van der Waals surface area (Å²) in [5, 5.41) is 7.46. The smallest absolute Gasteiger partial charge is 0.123 e. The van der Waals surface area contributed by atoms with Crippen molar-refractivity contribution < 1.29 is 9.47 Å². The lowest BCUT2D eigenvalue weighted by atomic mass is 10.1. The molecule has 2 aromatic rings. The van der Waals surface area contributed by atoms with E-state index in [1.54, 1.807) is 13.2 Å². The standard InChI is InChI=1S/C16H18N2O2/c1-11-6-7-13(16(17)18)9-15(11)20-10-12-4-3-5-14(8-12)19-2/h3-9H,10H2,1-2H3,(H3,17,18). The van der Waals surface area contributed by atoms with Gasteiger partial charge in [0.25, 0.3) is 0 Å². The van der Waals surface area contributed by atoms with Gasteiger partial charge in [0.1, 0.15) is 23.9 Å². The zero-order valence-corrected chi connectivity index (χ0v) is 11.6. The monoisotopic (exact) mass is 270 g/mol. The van der Waals surface area contributed by atoms with Gasteiger partial charge in [-0.25, -0.2) is 0 Å². The Kier molecular flexibility index (Phi) is 4.25. The summed E-state index contributed by atoms with van der Waals surface area (Å²) in [5.41, 5.74) is 8.19. The quantitative estimate of drug-likeness (QED) is 0.648. The Hall–Kier alpha value is -2.49. The summed E-state index contributed by atoms with van der Waals surface area (Å²) in [5.74, 6) is 1.58. The van der Waals surface area contributed by atoms with Crippen molar-refractivity contribution in [3.63, 3.8) is 0 Å². The molecule has 0 spiro atoms. The summed E-state index contributed by atoms with van der Waals surface area (Å²) in [4.78, 5) is 0. The molecule has 3 N–H and O–H groups in total. The minimum atomic E-state index is 0.0382. The summed E-state index contributed by atoms with van der Waals surface area (Å²) < 4.78 is 11.0. The van der Waals surface area contributed by atoms with Crippen molar-refractivity contribution in [1.82, 2.24) is 0 Å². The lowest BCUT2D eigenvalue weighted by Crippen LogP contribution is -2.11. The number of amidine groups is 1. The van der Waals surface area contributed by atoms with E-state index in [1.165, 1.54) is 0 Å². The number of methoxy groups -OCH3 is 1. The maximum atomic E-state index is 7.46. The van der Waals surface area contributed by atoms with Gasteiger partial charge in [-0.3, -0.25) is 5.41 Å². The molecular weight excluding hydrogens is 252 g/mol. The number of nitrogens with two attached hydrogens (primary N) is 1. The molecule has 0 fully saturated rings. The Balaban J connectivity index is 2.13. The largest absolute Gasteiger partial charge is 0.497 e. The van der Waals surface area contributed by atoms with Crippen LogP contribution < -0.4 is 15.2 Å². The molecule has 0 radical (unpaired) electrons. The fraction of sp³-hybridized carbons (Fsp3) is 0.188. The molecule has 2 rings (SSSR count). The zero-order valence-electron chi connectivity index (χ0n) is 11.6. The van der Waals surface area contributed by atoms with Gasteiger partial charge in [-0.2, -0.15) is 0 Å². The topological polar surface area (TPSA) is 68.3 Å². The van der Waals surface area contributed by atoms with Crippen LogP contribution in [0.3, 0.4) is 0 Å². The van der Waals surface area contributed by atoms with Gasteiger partial charge >= 0.3 is 0 Å². The third-order valence-corrected chi connectivity index (χ3v) is 3.03. The third-order valence-electron chi connectivity index (χ3n) is 3.03. The number of nitrogens with one attached hydrogen (secondary N) is 1. The summed E-state index contributed by atoms with van der Waals surface area (Å²) in [6.45, 7) is 2.41. The number of nitrogen functional groups attached to an aromatic ring is 1. The first-order valence-electron chi connectivity index (χ1n) is 6.31. The number of ether oxygens (including phenoxy) is 2. The number of hydrogen-bond acceptors (Lipinski definition) is 3. The summed E-state index contributed by atoms with van der Waals surface area (Å²) in [6.07, 6.45) is 0. The van der Waals surface area contributed by atoms with Crippen molar-refractivity contribution in [2.24, 2.45) is 5.73 Å². The van der Waals surface area contributed by atoms with Gasteiger partial charge in [-0.1, -0.05) is 24.3 Å². The Morgan fingerprint density at radius 3 is 2.70 bits per heavy atom. The summed E-state index contributed by atoms with van der Waals surface area (Å²) in [6, 6.07) is 13.2. The Morgan fingerprint density at radius 2 is 2.00 bits per heavy atom. The number of benzene rings is 2. The van der Waals surface area contributed by atoms with Crippen LogP contribution in [0.1, 0.15) is 16.7 Å². The van der Waals surface area contributed by atoms with Gasteiger partial charge in [0, 0.05) is 5.56 Å². The predicted octanol–water partition coefficient (Wildman–Crippen LogP) is 2.87. The molecule has 0 saturated carbocycles. The molecule has 0 aliphatic carbocycles. The van der Waals surface area contributed by atoms with Crippen molar-refractivity contribution in [3.8, 4) is 11.5 Å². The van der Waals surface area contributed by atoms with Gasteiger partial charge in [-0.05, 0) is 36.2 Å². The predicted molar refractivity (Wildman–Crippen MR) is 79.5 cm³/mol. The van der Waals surface area contributed by atoms with Gasteiger partial charge in [0.2, 0.25) is 0 Å². The van der Waals surface area contributed by atoms with Crippen molar-refractivity contribution >= 4 is 5.84 Å². The average molecular weight is 270 g/mol. The molecule has 0 aliphatic heterocycles. The van der Waals surface area contributed by atoms with Crippen LogP contribution in [-0.2, 0) is 6.61 Å². The van der Waals surface area contributed by atoms with E-state index in [4.69, 9.17) is 20.6 Å². The van der Waals surface area contributed by atoms with Crippen molar-refractivity contribution in [2.45, 2.75) is 13.5 Å². The van der Waals surface area contributed by atoms with Crippen LogP contribution in [0.25, 0.3) is 0 Å². The van der Waals surface area contributed by atoms with E-state index in [-0.39, 0.29) is 5.84 Å². The second-order valence-electron chi connectivity index (χ2n) is 4.53. The fourth-order valence-electron chi connectivity index (χ4n) is 1.85. The molecule has 0 aromatic heterocycles. The minimum absolute atomic E-state index is 0.0382. The molecule has 0 saturated heterocycles. The molecule has 0 unspecified atom stereocenters. The lowest BCUT2D eigenvalue weighted by Gasteiger charge is -2.11.